The molecular formula is C17H29N3O. The first-order chi connectivity index (χ1) is 10.1. The maximum atomic E-state index is 5.03. The number of nitrogens with one attached hydrogen (secondary N) is 1. The minimum absolute atomic E-state index is 0.569. The summed E-state index contributed by atoms with van der Waals surface area (Å²) < 4.78 is 5.03. The van der Waals surface area contributed by atoms with Crippen LogP contribution in [0.5, 0.6) is 0 Å². The van der Waals surface area contributed by atoms with E-state index < -0.39 is 0 Å². The lowest BCUT2D eigenvalue weighted by atomic mass is 9.86. The van der Waals surface area contributed by atoms with E-state index in [0.717, 1.165) is 43.9 Å². The molecule has 1 fully saturated rings. The van der Waals surface area contributed by atoms with Gasteiger partial charge in [0.25, 0.3) is 0 Å². The second-order valence-corrected chi connectivity index (χ2v) is 6.41. The zero-order chi connectivity index (χ0) is 15.2. The molecule has 1 saturated heterocycles. The van der Waals surface area contributed by atoms with Crippen LogP contribution in [-0.2, 0) is 11.3 Å². The Morgan fingerprint density at radius 1 is 1.33 bits per heavy atom. The summed E-state index contributed by atoms with van der Waals surface area (Å²) in [6.45, 7) is 10.6. The molecule has 2 rings (SSSR count). The molecule has 0 spiro atoms. The van der Waals surface area contributed by atoms with Gasteiger partial charge in [-0.2, -0.15) is 0 Å². The first-order valence-electron chi connectivity index (χ1n) is 8.03. The van der Waals surface area contributed by atoms with Crippen molar-refractivity contribution in [1.82, 2.24) is 10.3 Å². The van der Waals surface area contributed by atoms with Crippen LogP contribution in [-0.4, -0.2) is 37.8 Å². The monoisotopic (exact) mass is 291 g/mol. The van der Waals surface area contributed by atoms with Crippen molar-refractivity contribution in [1.29, 1.82) is 0 Å². The topological polar surface area (TPSA) is 37.4 Å². The number of anilines is 1. The predicted molar refractivity (Wildman–Crippen MR) is 87.6 cm³/mol. The molecular weight excluding hydrogens is 262 g/mol. The minimum atomic E-state index is 0.569. The lowest BCUT2D eigenvalue weighted by Crippen LogP contribution is -2.46. The van der Waals surface area contributed by atoms with Crippen LogP contribution in [0.25, 0.3) is 0 Å². The number of methoxy groups -OCH3 is 1. The van der Waals surface area contributed by atoms with E-state index in [4.69, 9.17) is 4.74 Å². The molecule has 1 aliphatic heterocycles. The van der Waals surface area contributed by atoms with E-state index in [0.29, 0.717) is 6.04 Å². The van der Waals surface area contributed by atoms with E-state index in [2.05, 4.69) is 48.1 Å². The van der Waals surface area contributed by atoms with Crippen molar-refractivity contribution in [3.8, 4) is 0 Å². The van der Waals surface area contributed by atoms with E-state index in [-0.39, 0.29) is 0 Å². The van der Waals surface area contributed by atoms with Gasteiger partial charge in [-0.15, -0.1) is 0 Å². The quantitative estimate of drug-likeness (QED) is 0.818. The van der Waals surface area contributed by atoms with Crippen LogP contribution in [0.2, 0.25) is 0 Å². The van der Waals surface area contributed by atoms with Gasteiger partial charge >= 0.3 is 0 Å². The predicted octanol–water partition coefficient (Wildman–Crippen LogP) is 2.69. The number of aromatic nitrogens is 1. The highest BCUT2D eigenvalue weighted by molar-refractivity contribution is 5.41. The van der Waals surface area contributed by atoms with E-state index in [1.54, 1.807) is 7.11 Å². The third-order valence-corrected chi connectivity index (χ3v) is 4.51. The number of hydrogen-bond acceptors (Lipinski definition) is 4. The Morgan fingerprint density at radius 3 is 2.81 bits per heavy atom. The van der Waals surface area contributed by atoms with Gasteiger partial charge in [-0.25, -0.2) is 4.98 Å². The maximum absolute atomic E-state index is 5.03. The third-order valence-electron chi connectivity index (χ3n) is 4.51. The lowest BCUT2D eigenvalue weighted by molar-refractivity contribution is 0.199. The van der Waals surface area contributed by atoms with Crippen LogP contribution in [0.15, 0.2) is 18.3 Å². The van der Waals surface area contributed by atoms with E-state index in [9.17, 15) is 0 Å². The van der Waals surface area contributed by atoms with Gasteiger partial charge in [0.05, 0.1) is 6.61 Å². The van der Waals surface area contributed by atoms with Gasteiger partial charge in [0, 0.05) is 39.0 Å². The molecule has 3 unspecified atom stereocenters. The van der Waals surface area contributed by atoms with Crippen LogP contribution in [0.3, 0.4) is 0 Å². The highest BCUT2D eigenvalue weighted by Crippen LogP contribution is 2.30. The zero-order valence-corrected chi connectivity index (χ0v) is 13.8. The van der Waals surface area contributed by atoms with E-state index in [1.165, 1.54) is 12.0 Å². The SMILES string of the molecule is COCCNCc1ccc(N2CC(C)CC(C)C2C)nc1. The summed E-state index contributed by atoms with van der Waals surface area (Å²) in [4.78, 5) is 7.13. The molecule has 1 aromatic rings. The molecule has 4 heteroatoms. The Bertz CT molecular complexity index is 421. The van der Waals surface area contributed by atoms with Gasteiger partial charge in [-0.3, -0.25) is 0 Å². The molecule has 0 bridgehead atoms. The fourth-order valence-electron chi connectivity index (χ4n) is 3.12. The van der Waals surface area contributed by atoms with E-state index in [1.807, 2.05) is 6.20 Å². The van der Waals surface area contributed by atoms with Gasteiger partial charge < -0.3 is 15.0 Å². The zero-order valence-electron chi connectivity index (χ0n) is 13.8. The molecule has 4 nitrogen and oxygen atoms in total. The van der Waals surface area contributed by atoms with Gasteiger partial charge in [-0.05, 0) is 36.8 Å². The molecule has 0 aromatic carbocycles. The van der Waals surface area contributed by atoms with Crippen LogP contribution in [0, 0.1) is 11.8 Å². The van der Waals surface area contributed by atoms with Crippen molar-refractivity contribution < 1.29 is 4.74 Å². The van der Waals surface area contributed by atoms with Gasteiger partial charge in [0.15, 0.2) is 0 Å². The number of nitrogens with zero attached hydrogens (tertiary/aromatic N) is 2. The molecule has 1 aromatic heterocycles. The Labute approximate surface area is 128 Å². The number of ether oxygens (including phenoxy) is 1. The molecule has 0 saturated carbocycles. The smallest absolute Gasteiger partial charge is 0.128 e. The van der Waals surface area contributed by atoms with E-state index >= 15 is 0 Å². The summed E-state index contributed by atoms with van der Waals surface area (Å²) in [6, 6.07) is 4.91. The van der Waals surface area contributed by atoms with Crippen LogP contribution >= 0.6 is 0 Å². The van der Waals surface area contributed by atoms with Gasteiger partial charge in [0.2, 0.25) is 0 Å². The first kappa shape index (κ1) is 16.2. The average Bonchev–Trinajstić information content (AvgIpc) is 2.48. The van der Waals surface area contributed by atoms with Crippen molar-refractivity contribution in [2.75, 3.05) is 31.7 Å². The van der Waals surface area contributed by atoms with Gasteiger partial charge in [-0.1, -0.05) is 19.9 Å². The summed E-state index contributed by atoms with van der Waals surface area (Å²) in [5.41, 5.74) is 1.22. The van der Waals surface area contributed by atoms with Crippen molar-refractivity contribution >= 4 is 5.82 Å². The first-order valence-corrected chi connectivity index (χ1v) is 8.03. The molecule has 2 heterocycles. The largest absolute Gasteiger partial charge is 0.383 e. The summed E-state index contributed by atoms with van der Waals surface area (Å²) in [5.74, 6) is 2.58. The van der Waals surface area contributed by atoms with Crippen LogP contribution in [0.1, 0.15) is 32.8 Å². The third kappa shape index (κ3) is 4.42. The molecule has 1 aliphatic rings. The Balaban J connectivity index is 1.94. The van der Waals surface area contributed by atoms with Crippen molar-refractivity contribution in [2.45, 2.75) is 39.8 Å². The van der Waals surface area contributed by atoms with Crippen molar-refractivity contribution in [2.24, 2.45) is 11.8 Å². The van der Waals surface area contributed by atoms with Crippen LogP contribution in [0.4, 0.5) is 5.82 Å². The second-order valence-electron chi connectivity index (χ2n) is 6.41. The average molecular weight is 291 g/mol. The number of hydrogen-bond donors (Lipinski definition) is 1. The molecule has 0 aliphatic carbocycles. The highest BCUT2D eigenvalue weighted by atomic mass is 16.5. The number of piperidine rings is 1. The van der Waals surface area contributed by atoms with Gasteiger partial charge in [0.1, 0.15) is 5.82 Å². The molecule has 1 N–H and O–H groups in total. The molecule has 118 valence electrons. The standard InChI is InChI=1S/C17H29N3O/c1-13-9-14(2)15(3)20(12-13)17-6-5-16(11-19-17)10-18-7-8-21-4/h5-6,11,13-15,18H,7-10,12H2,1-4H3. The molecule has 0 radical (unpaired) electrons. The number of rotatable bonds is 6. The number of pyridine rings is 1. The highest BCUT2D eigenvalue weighted by Gasteiger charge is 2.29. The fourth-order valence-corrected chi connectivity index (χ4v) is 3.12. The second kappa shape index (κ2) is 7.76. The molecule has 21 heavy (non-hydrogen) atoms. The van der Waals surface area contributed by atoms with Crippen molar-refractivity contribution in [3.63, 3.8) is 0 Å². The van der Waals surface area contributed by atoms with Crippen LogP contribution < -0.4 is 10.2 Å². The minimum Gasteiger partial charge on any atom is -0.383 e. The van der Waals surface area contributed by atoms with Crippen molar-refractivity contribution in [3.05, 3.63) is 23.9 Å². The summed E-state index contributed by atoms with van der Waals surface area (Å²) in [7, 11) is 1.72. The Morgan fingerprint density at radius 2 is 2.14 bits per heavy atom. The normalized spacial score (nSPS) is 26.1. The lowest BCUT2D eigenvalue weighted by Gasteiger charge is -2.41. The fraction of sp³-hybridized carbons (Fsp3) is 0.706. The Hall–Kier alpha value is -1.13. The maximum Gasteiger partial charge on any atom is 0.128 e. The summed E-state index contributed by atoms with van der Waals surface area (Å²) >= 11 is 0. The molecule has 0 amide bonds. The molecule has 3 atom stereocenters. The summed E-state index contributed by atoms with van der Waals surface area (Å²) in [6.07, 6.45) is 3.31. The Kier molecular flexibility index (Phi) is 6.00. The summed E-state index contributed by atoms with van der Waals surface area (Å²) in [5, 5.41) is 3.35.